The number of hydrogen-bond donors (Lipinski definition) is 1. The number of nitrogens with one attached hydrogen (secondary N) is 1. The molecule has 0 atom stereocenters. The fourth-order valence-corrected chi connectivity index (χ4v) is 3.61. The molecule has 0 radical (unpaired) electrons. The molecule has 0 spiro atoms. The first-order chi connectivity index (χ1) is 12.9. The van der Waals surface area contributed by atoms with Gasteiger partial charge in [-0.1, -0.05) is 59.1 Å². The lowest BCUT2D eigenvalue weighted by Gasteiger charge is -2.14. The molecule has 1 N–H and O–H groups in total. The van der Waals surface area contributed by atoms with Gasteiger partial charge in [0.2, 0.25) is 0 Å². The van der Waals surface area contributed by atoms with E-state index < -0.39 is 0 Å². The number of benzene rings is 3. The topological polar surface area (TPSA) is 21.3 Å². The van der Waals surface area contributed by atoms with Crippen molar-refractivity contribution in [2.45, 2.75) is 27.0 Å². The molecule has 0 aliphatic heterocycles. The predicted molar refractivity (Wildman–Crippen MR) is 115 cm³/mol. The Balaban J connectivity index is 1.69. The van der Waals surface area contributed by atoms with Crippen LogP contribution in [-0.4, -0.2) is 0 Å². The van der Waals surface area contributed by atoms with Crippen molar-refractivity contribution in [3.8, 4) is 5.75 Å². The third-order valence-corrected chi connectivity index (χ3v) is 5.00. The lowest BCUT2D eigenvalue weighted by Crippen LogP contribution is -2.02. The van der Waals surface area contributed by atoms with E-state index >= 15 is 0 Å². The zero-order valence-electron chi connectivity index (χ0n) is 15.2. The Morgan fingerprint density at radius 3 is 2.30 bits per heavy atom. The van der Waals surface area contributed by atoms with Crippen molar-refractivity contribution < 1.29 is 4.74 Å². The van der Waals surface area contributed by atoms with Crippen LogP contribution in [0.3, 0.4) is 0 Å². The van der Waals surface area contributed by atoms with Gasteiger partial charge >= 0.3 is 0 Å². The molecule has 0 aromatic heterocycles. The SMILES string of the molecule is Cc1ccc(C)c(NCc2cc(Cl)c(OCc3cccc(Cl)c3)c(Cl)c2)c1. The molecular weight excluding hydrogens is 401 g/mol. The summed E-state index contributed by atoms with van der Waals surface area (Å²) in [4.78, 5) is 0. The molecule has 0 amide bonds. The minimum atomic E-state index is 0.347. The fraction of sp³-hybridized carbons (Fsp3) is 0.182. The molecule has 3 aromatic carbocycles. The van der Waals surface area contributed by atoms with Crippen molar-refractivity contribution in [2.24, 2.45) is 0 Å². The molecule has 3 aromatic rings. The molecule has 0 aliphatic rings. The molecule has 0 unspecified atom stereocenters. The van der Waals surface area contributed by atoms with E-state index in [0.717, 1.165) is 16.8 Å². The van der Waals surface area contributed by atoms with Crippen molar-refractivity contribution in [3.63, 3.8) is 0 Å². The van der Waals surface area contributed by atoms with Crippen LogP contribution in [0.25, 0.3) is 0 Å². The van der Waals surface area contributed by atoms with Crippen LogP contribution in [0.5, 0.6) is 5.75 Å². The monoisotopic (exact) mass is 419 g/mol. The third kappa shape index (κ3) is 5.32. The first-order valence-electron chi connectivity index (χ1n) is 8.58. The molecule has 0 heterocycles. The van der Waals surface area contributed by atoms with E-state index in [2.05, 4.69) is 37.4 Å². The summed E-state index contributed by atoms with van der Waals surface area (Å²) in [6.07, 6.45) is 0. The van der Waals surface area contributed by atoms with Gasteiger partial charge in [0.05, 0.1) is 10.0 Å². The summed E-state index contributed by atoms with van der Waals surface area (Å²) in [6.45, 7) is 5.12. The number of hydrogen-bond acceptors (Lipinski definition) is 2. The molecular formula is C22H20Cl3NO. The second kappa shape index (κ2) is 8.88. The second-order valence-corrected chi connectivity index (χ2v) is 7.73. The summed E-state index contributed by atoms with van der Waals surface area (Å²) < 4.78 is 5.82. The average molecular weight is 421 g/mol. The maximum absolute atomic E-state index is 6.41. The van der Waals surface area contributed by atoms with Crippen LogP contribution in [-0.2, 0) is 13.2 Å². The zero-order valence-corrected chi connectivity index (χ0v) is 17.4. The Morgan fingerprint density at radius 1 is 0.852 bits per heavy atom. The fourth-order valence-electron chi connectivity index (χ4n) is 2.76. The van der Waals surface area contributed by atoms with Gasteiger partial charge in [0.15, 0.2) is 5.75 Å². The molecule has 0 bridgehead atoms. The predicted octanol–water partition coefficient (Wildman–Crippen LogP) is 7.45. The highest BCUT2D eigenvalue weighted by Crippen LogP contribution is 2.35. The van der Waals surface area contributed by atoms with Crippen LogP contribution in [0.2, 0.25) is 15.1 Å². The van der Waals surface area contributed by atoms with Gasteiger partial charge in [-0.05, 0) is 66.4 Å². The highest BCUT2D eigenvalue weighted by atomic mass is 35.5. The summed E-state index contributed by atoms with van der Waals surface area (Å²) in [5.74, 6) is 0.480. The second-order valence-electron chi connectivity index (χ2n) is 6.48. The van der Waals surface area contributed by atoms with Crippen LogP contribution in [0, 0.1) is 13.8 Å². The summed E-state index contributed by atoms with van der Waals surface area (Å²) in [7, 11) is 0. The minimum Gasteiger partial charge on any atom is -0.486 e. The van der Waals surface area contributed by atoms with Gasteiger partial charge in [0.1, 0.15) is 6.61 Å². The highest BCUT2D eigenvalue weighted by Gasteiger charge is 2.11. The van der Waals surface area contributed by atoms with Gasteiger partial charge in [0.25, 0.3) is 0 Å². The number of rotatable bonds is 6. The van der Waals surface area contributed by atoms with E-state index in [9.17, 15) is 0 Å². The van der Waals surface area contributed by atoms with E-state index in [4.69, 9.17) is 39.5 Å². The van der Waals surface area contributed by atoms with Crippen LogP contribution < -0.4 is 10.1 Å². The van der Waals surface area contributed by atoms with Crippen LogP contribution >= 0.6 is 34.8 Å². The lowest BCUT2D eigenvalue weighted by molar-refractivity contribution is 0.306. The number of ether oxygens (including phenoxy) is 1. The number of anilines is 1. The van der Waals surface area contributed by atoms with Gasteiger partial charge in [-0.25, -0.2) is 0 Å². The molecule has 140 valence electrons. The van der Waals surface area contributed by atoms with E-state index in [-0.39, 0.29) is 0 Å². The Hall–Kier alpha value is -1.87. The summed E-state index contributed by atoms with van der Waals surface area (Å²) in [6, 6.07) is 17.6. The first kappa shape index (κ1) is 19.9. The summed E-state index contributed by atoms with van der Waals surface area (Å²) >= 11 is 18.8. The van der Waals surface area contributed by atoms with Crippen LogP contribution in [0.1, 0.15) is 22.3 Å². The molecule has 3 rings (SSSR count). The van der Waals surface area contributed by atoms with Crippen LogP contribution in [0.15, 0.2) is 54.6 Å². The molecule has 0 fully saturated rings. The maximum Gasteiger partial charge on any atom is 0.156 e. The Morgan fingerprint density at radius 2 is 1.59 bits per heavy atom. The molecule has 2 nitrogen and oxygen atoms in total. The quantitative estimate of drug-likeness (QED) is 0.447. The first-order valence-corrected chi connectivity index (χ1v) is 9.72. The van der Waals surface area contributed by atoms with E-state index in [1.807, 2.05) is 36.4 Å². The maximum atomic E-state index is 6.41. The van der Waals surface area contributed by atoms with Crippen molar-refractivity contribution in [2.75, 3.05) is 5.32 Å². The highest BCUT2D eigenvalue weighted by molar-refractivity contribution is 6.37. The van der Waals surface area contributed by atoms with E-state index in [0.29, 0.717) is 34.0 Å². The molecule has 27 heavy (non-hydrogen) atoms. The van der Waals surface area contributed by atoms with Crippen LogP contribution in [0.4, 0.5) is 5.69 Å². The van der Waals surface area contributed by atoms with Crippen molar-refractivity contribution in [1.82, 2.24) is 0 Å². The van der Waals surface area contributed by atoms with Gasteiger partial charge < -0.3 is 10.1 Å². The molecule has 0 aliphatic carbocycles. The molecule has 5 heteroatoms. The van der Waals surface area contributed by atoms with Crippen molar-refractivity contribution in [1.29, 1.82) is 0 Å². The molecule has 0 saturated heterocycles. The van der Waals surface area contributed by atoms with E-state index in [1.165, 1.54) is 11.1 Å². The number of aryl methyl sites for hydroxylation is 2. The molecule has 0 saturated carbocycles. The lowest BCUT2D eigenvalue weighted by atomic mass is 10.1. The van der Waals surface area contributed by atoms with Crippen molar-refractivity contribution >= 4 is 40.5 Å². The normalized spacial score (nSPS) is 10.7. The van der Waals surface area contributed by atoms with E-state index in [1.54, 1.807) is 0 Å². The largest absolute Gasteiger partial charge is 0.486 e. The minimum absolute atomic E-state index is 0.347. The Labute approximate surface area is 175 Å². The smallest absolute Gasteiger partial charge is 0.156 e. The van der Waals surface area contributed by atoms with Gasteiger partial charge in [-0.3, -0.25) is 0 Å². The summed E-state index contributed by atoms with van der Waals surface area (Å²) in [5.41, 5.74) is 5.45. The van der Waals surface area contributed by atoms with Crippen molar-refractivity contribution in [3.05, 3.63) is 91.9 Å². The average Bonchev–Trinajstić information content (AvgIpc) is 2.62. The third-order valence-electron chi connectivity index (χ3n) is 4.21. The van der Waals surface area contributed by atoms with Gasteiger partial charge in [-0.2, -0.15) is 0 Å². The zero-order chi connectivity index (χ0) is 19.4. The standard InChI is InChI=1S/C22H20Cl3NO/c1-14-6-7-15(2)21(8-14)26-12-17-10-19(24)22(20(25)11-17)27-13-16-4-3-5-18(23)9-16/h3-11,26H,12-13H2,1-2H3. The Kier molecular flexibility index (Phi) is 6.54. The summed E-state index contributed by atoms with van der Waals surface area (Å²) in [5, 5.41) is 5.08. The number of halogens is 3. The van der Waals surface area contributed by atoms with Gasteiger partial charge in [-0.15, -0.1) is 0 Å². The Bertz CT molecular complexity index is 933. The van der Waals surface area contributed by atoms with Gasteiger partial charge in [0, 0.05) is 17.3 Å².